The molecule has 3 aromatic rings. The molecule has 1 N–H and O–H groups in total. The highest BCUT2D eigenvalue weighted by atomic mass is 35.5. The van der Waals surface area contributed by atoms with Gasteiger partial charge in [-0.25, -0.2) is 0 Å². The number of hydrogen-bond acceptors (Lipinski definition) is 2. The van der Waals surface area contributed by atoms with Crippen LogP contribution in [0.5, 0.6) is 5.75 Å². The minimum absolute atomic E-state index is 0.252. The zero-order valence-electron chi connectivity index (χ0n) is 14.2. The summed E-state index contributed by atoms with van der Waals surface area (Å²) < 4.78 is 5.90. The molecule has 0 saturated carbocycles. The van der Waals surface area contributed by atoms with E-state index in [4.69, 9.17) is 39.5 Å². The highest BCUT2D eigenvalue weighted by molar-refractivity contribution is 6.36. The molecule has 0 aromatic heterocycles. The molecule has 6 heteroatoms. The van der Waals surface area contributed by atoms with E-state index in [1.54, 1.807) is 30.3 Å². The summed E-state index contributed by atoms with van der Waals surface area (Å²) in [4.78, 5) is 12.4. The molecule has 0 aliphatic carbocycles. The molecule has 0 unspecified atom stereocenters. The summed E-state index contributed by atoms with van der Waals surface area (Å²) in [5, 5.41) is 4.17. The molecule has 0 spiro atoms. The van der Waals surface area contributed by atoms with Crippen molar-refractivity contribution in [3.8, 4) is 5.75 Å². The molecule has 0 aliphatic heterocycles. The standard InChI is InChI=1S/C21H16Cl3NO2/c22-16-7-9-20(27-13-14-4-2-1-3-5-14)15(10-16)12-25-21(26)18-8-6-17(23)11-19(18)24/h1-11H,12-13H2,(H,25,26). The van der Waals surface area contributed by atoms with Crippen LogP contribution in [0.25, 0.3) is 0 Å². The summed E-state index contributed by atoms with van der Waals surface area (Å²) in [6.07, 6.45) is 0. The van der Waals surface area contributed by atoms with Crippen molar-refractivity contribution in [3.05, 3.63) is 98.5 Å². The third-order valence-electron chi connectivity index (χ3n) is 3.87. The van der Waals surface area contributed by atoms with E-state index < -0.39 is 0 Å². The smallest absolute Gasteiger partial charge is 0.253 e. The van der Waals surface area contributed by atoms with Crippen molar-refractivity contribution in [1.29, 1.82) is 0 Å². The topological polar surface area (TPSA) is 38.3 Å². The zero-order valence-corrected chi connectivity index (χ0v) is 16.5. The number of carbonyl (C=O) groups is 1. The summed E-state index contributed by atoms with van der Waals surface area (Å²) in [6, 6.07) is 19.9. The molecule has 0 fully saturated rings. The molecule has 3 aromatic carbocycles. The Kier molecular flexibility index (Phi) is 6.62. The van der Waals surface area contributed by atoms with Crippen molar-refractivity contribution in [3.63, 3.8) is 0 Å². The van der Waals surface area contributed by atoms with Crippen LogP contribution in [0.4, 0.5) is 0 Å². The van der Waals surface area contributed by atoms with Gasteiger partial charge < -0.3 is 10.1 Å². The van der Waals surface area contributed by atoms with Gasteiger partial charge in [-0.15, -0.1) is 0 Å². The van der Waals surface area contributed by atoms with Gasteiger partial charge in [-0.3, -0.25) is 4.79 Å². The number of amides is 1. The number of carbonyl (C=O) groups excluding carboxylic acids is 1. The Morgan fingerprint density at radius 3 is 2.33 bits per heavy atom. The highest BCUT2D eigenvalue weighted by Crippen LogP contribution is 2.25. The Balaban J connectivity index is 1.70. The van der Waals surface area contributed by atoms with Crippen molar-refractivity contribution in [2.45, 2.75) is 13.2 Å². The van der Waals surface area contributed by atoms with Gasteiger partial charge in [-0.1, -0.05) is 65.1 Å². The van der Waals surface area contributed by atoms with Crippen LogP contribution in [0.15, 0.2) is 66.7 Å². The molecule has 0 atom stereocenters. The molecular formula is C21H16Cl3NO2. The number of ether oxygens (including phenoxy) is 1. The second-order valence-corrected chi connectivity index (χ2v) is 7.11. The Bertz CT molecular complexity index is 945. The van der Waals surface area contributed by atoms with Crippen LogP contribution in [-0.2, 0) is 13.2 Å². The lowest BCUT2D eigenvalue weighted by Gasteiger charge is -2.13. The first-order valence-electron chi connectivity index (χ1n) is 8.21. The third-order valence-corrected chi connectivity index (χ3v) is 4.66. The van der Waals surface area contributed by atoms with E-state index in [2.05, 4.69) is 5.32 Å². The lowest BCUT2D eigenvalue weighted by molar-refractivity contribution is 0.0950. The fourth-order valence-electron chi connectivity index (χ4n) is 2.51. The number of halogens is 3. The first-order chi connectivity index (χ1) is 13.0. The van der Waals surface area contributed by atoms with Crippen LogP contribution in [0.1, 0.15) is 21.5 Å². The van der Waals surface area contributed by atoms with E-state index >= 15 is 0 Å². The SMILES string of the molecule is O=C(NCc1cc(Cl)ccc1OCc1ccccc1)c1ccc(Cl)cc1Cl. The summed E-state index contributed by atoms with van der Waals surface area (Å²) in [7, 11) is 0. The average Bonchev–Trinajstić information content (AvgIpc) is 2.66. The van der Waals surface area contributed by atoms with Gasteiger partial charge in [0.25, 0.3) is 5.91 Å². The van der Waals surface area contributed by atoms with Crippen molar-refractivity contribution in [2.24, 2.45) is 0 Å². The van der Waals surface area contributed by atoms with Gasteiger partial charge >= 0.3 is 0 Å². The molecule has 0 aliphatic rings. The maximum atomic E-state index is 12.4. The van der Waals surface area contributed by atoms with E-state index in [9.17, 15) is 4.79 Å². The van der Waals surface area contributed by atoms with E-state index in [0.29, 0.717) is 33.0 Å². The number of nitrogens with one attached hydrogen (secondary N) is 1. The third kappa shape index (κ3) is 5.39. The monoisotopic (exact) mass is 419 g/mol. The summed E-state index contributed by atoms with van der Waals surface area (Å²) in [6.45, 7) is 0.675. The van der Waals surface area contributed by atoms with Crippen LogP contribution in [0, 0.1) is 0 Å². The van der Waals surface area contributed by atoms with Gasteiger partial charge in [0.15, 0.2) is 0 Å². The quantitative estimate of drug-likeness (QED) is 0.519. The molecule has 3 rings (SSSR count). The molecular weight excluding hydrogens is 405 g/mol. The lowest BCUT2D eigenvalue weighted by atomic mass is 10.1. The van der Waals surface area contributed by atoms with E-state index in [1.165, 1.54) is 6.07 Å². The Hall–Kier alpha value is -2.20. The number of rotatable bonds is 6. The molecule has 1 amide bonds. The largest absolute Gasteiger partial charge is 0.489 e. The molecule has 3 nitrogen and oxygen atoms in total. The summed E-state index contributed by atoms with van der Waals surface area (Å²) in [5.74, 6) is 0.358. The second-order valence-electron chi connectivity index (χ2n) is 5.83. The van der Waals surface area contributed by atoms with Crippen molar-refractivity contribution in [2.75, 3.05) is 0 Å². The normalized spacial score (nSPS) is 10.5. The van der Waals surface area contributed by atoms with Gasteiger partial charge in [0.2, 0.25) is 0 Å². The van der Waals surface area contributed by atoms with E-state index in [-0.39, 0.29) is 12.5 Å². The van der Waals surface area contributed by atoms with Crippen molar-refractivity contribution in [1.82, 2.24) is 5.32 Å². The number of benzene rings is 3. The fourth-order valence-corrected chi connectivity index (χ4v) is 3.20. The molecule has 0 bridgehead atoms. The molecule has 0 heterocycles. The van der Waals surface area contributed by atoms with Gasteiger partial charge in [-0.05, 0) is 42.0 Å². The molecule has 0 radical (unpaired) electrons. The van der Waals surface area contributed by atoms with Crippen molar-refractivity contribution >= 4 is 40.7 Å². The molecule has 0 saturated heterocycles. The first-order valence-corrected chi connectivity index (χ1v) is 9.35. The highest BCUT2D eigenvalue weighted by Gasteiger charge is 2.12. The minimum atomic E-state index is -0.300. The predicted octanol–water partition coefficient (Wildman–Crippen LogP) is 6.16. The van der Waals surface area contributed by atoms with Crippen LogP contribution < -0.4 is 10.1 Å². The van der Waals surface area contributed by atoms with Crippen molar-refractivity contribution < 1.29 is 9.53 Å². The van der Waals surface area contributed by atoms with Gasteiger partial charge in [0.1, 0.15) is 12.4 Å². The van der Waals surface area contributed by atoms with Gasteiger partial charge in [-0.2, -0.15) is 0 Å². The van der Waals surface area contributed by atoms with E-state index in [0.717, 1.165) is 11.1 Å². The minimum Gasteiger partial charge on any atom is -0.489 e. The molecule has 27 heavy (non-hydrogen) atoms. The Morgan fingerprint density at radius 2 is 1.59 bits per heavy atom. The second kappa shape index (κ2) is 9.14. The zero-order chi connectivity index (χ0) is 19.2. The number of hydrogen-bond donors (Lipinski definition) is 1. The van der Waals surface area contributed by atoms with Gasteiger partial charge in [0, 0.05) is 22.2 Å². The van der Waals surface area contributed by atoms with E-state index in [1.807, 2.05) is 30.3 Å². The van der Waals surface area contributed by atoms with Crippen LogP contribution in [-0.4, -0.2) is 5.91 Å². The van der Waals surface area contributed by atoms with Crippen LogP contribution >= 0.6 is 34.8 Å². The molecule has 138 valence electrons. The first kappa shape index (κ1) is 19.6. The maximum Gasteiger partial charge on any atom is 0.253 e. The summed E-state index contributed by atoms with van der Waals surface area (Å²) >= 11 is 18.1. The Morgan fingerprint density at radius 1 is 0.889 bits per heavy atom. The Labute approximate surface area is 172 Å². The van der Waals surface area contributed by atoms with Crippen LogP contribution in [0.2, 0.25) is 15.1 Å². The van der Waals surface area contributed by atoms with Gasteiger partial charge in [0.05, 0.1) is 10.6 Å². The average molecular weight is 421 g/mol. The predicted molar refractivity (Wildman–Crippen MR) is 110 cm³/mol. The lowest BCUT2D eigenvalue weighted by Crippen LogP contribution is -2.23. The fraction of sp³-hybridized carbons (Fsp3) is 0.0952. The maximum absolute atomic E-state index is 12.4. The van der Waals surface area contributed by atoms with Crippen LogP contribution in [0.3, 0.4) is 0 Å². The summed E-state index contributed by atoms with van der Waals surface area (Å²) in [5.41, 5.74) is 2.18.